The topological polar surface area (TPSA) is 66.4 Å². The van der Waals surface area contributed by atoms with Crippen LogP contribution in [0.1, 0.15) is 80.0 Å². The first-order valence-electron chi connectivity index (χ1n) is 8.05. The van der Waals surface area contributed by atoms with Gasteiger partial charge in [0, 0.05) is 6.42 Å². The van der Waals surface area contributed by atoms with Gasteiger partial charge in [-0.1, -0.05) is 65.7 Å². The zero-order valence-electron chi connectivity index (χ0n) is 15.3. The fourth-order valence-electron chi connectivity index (χ4n) is 2.17. The molecule has 0 saturated heterocycles. The van der Waals surface area contributed by atoms with Crippen LogP contribution >= 0.6 is 0 Å². The number of aliphatic carboxylic acids is 1. The van der Waals surface area contributed by atoms with Gasteiger partial charge < -0.3 is 11.8 Å². The summed E-state index contributed by atoms with van der Waals surface area (Å²) in [6.45, 7) is 5.98. The van der Waals surface area contributed by atoms with Crippen LogP contribution in [0, 0.1) is 5.92 Å². The Morgan fingerprint density at radius 2 is 1.57 bits per heavy atom. The van der Waals surface area contributed by atoms with E-state index >= 15 is 0 Å². The molecule has 120 valence electrons. The molecule has 0 aromatic carbocycles. The van der Waals surface area contributed by atoms with Crippen molar-refractivity contribution in [1.29, 1.82) is 0 Å². The van der Waals surface area contributed by atoms with Gasteiger partial charge >= 0.3 is 35.5 Å². The van der Waals surface area contributed by atoms with E-state index in [9.17, 15) is 9.59 Å². The van der Waals surface area contributed by atoms with Crippen molar-refractivity contribution in [3.8, 4) is 0 Å². The van der Waals surface area contributed by atoms with E-state index in [-0.39, 0.29) is 42.8 Å². The largest absolute Gasteiger partial charge is 1.00 e. The molecule has 2 N–H and O–H groups in total. The molecule has 2 atom stereocenters. The van der Waals surface area contributed by atoms with E-state index in [4.69, 9.17) is 5.11 Å². The number of nitrogens with one attached hydrogen (secondary N) is 1. The summed E-state index contributed by atoms with van der Waals surface area (Å²) in [6.07, 6.45) is 9.30. The van der Waals surface area contributed by atoms with Gasteiger partial charge in [0.05, 0.1) is 0 Å². The van der Waals surface area contributed by atoms with Crippen LogP contribution in [0.4, 0.5) is 0 Å². The second-order valence-corrected chi connectivity index (χ2v) is 5.64. The van der Waals surface area contributed by atoms with Gasteiger partial charge in [-0.15, -0.1) is 0 Å². The molecule has 0 heterocycles. The molecule has 0 saturated carbocycles. The smallest absolute Gasteiger partial charge is 1.00 e. The van der Waals surface area contributed by atoms with Crippen molar-refractivity contribution >= 4 is 11.9 Å². The molecule has 0 rings (SSSR count). The molecule has 0 aromatic rings. The molecule has 0 fully saturated rings. The average Bonchev–Trinajstić information content (AvgIpc) is 2.42. The molecule has 1 amide bonds. The SMILES string of the molecule is CCCCCCCCCC(=O)NC(C(=O)O)C(C)CC.[H-].[Na+]. The Bertz CT molecular complexity index is 291. The Kier molecular flexibility index (Phi) is 16.4. The van der Waals surface area contributed by atoms with Gasteiger partial charge in [0.2, 0.25) is 5.91 Å². The van der Waals surface area contributed by atoms with Gasteiger partial charge in [-0.25, -0.2) is 4.79 Å². The first-order chi connectivity index (χ1) is 9.52. The standard InChI is InChI=1S/C16H31NO3.Na.H/c1-4-6-7-8-9-10-11-12-14(18)17-15(16(19)20)13(3)5-2;;/h13,15H,4-12H2,1-3H3,(H,17,18)(H,19,20);;/q;+1;-1. The molecular weight excluding hydrogens is 277 g/mol. The predicted molar refractivity (Wildman–Crippen MR) is 82.7 cm³/mol. The quantitative estimate of drug-likeness (QED) is 0.415. The monoisotopic (exact) mass is 309 g/mol. The molecule has 0 aliphatic carbocycles. The molecule has 5 heteroatoms. The second kappa shape index (κ2) is 14.9. The zero-order chi connectivity index (χ0) is 15.4. The Balaban J connectivity index is -0.00000180. The minimum Gasteiger partial charge on any atom is -1.00 e. The van der Waals surface area contributed by atoms with Crippen LogP contribution in [0.25, 0.3) is 0 Å². The van der Waals surface area contributed by atoms with Gasteiger partial charge in [0.25, 0.3) is 0 Å². The van der Waals surface area contributed by atoms with Crippen molar-refractivity contribution in [2.75, 3.05) is 0 Å². The third-order valence-corrected chi connectivity index (χ3v) is 3.80. The Hall–Kier alpha value is -0.0600. The van der Waals surface area contributed by atoms with Crippen LogP contribution < -0.4 is 34.9 Å². The number of amides is 1. The molecule has 0 aliphatic heterocycles. The van der Waals surface area contributed by atoms with Crippen LogP contribution in [-0.4, -0.2) is 23.0 Å². The summed E-state index contributed by atoms with van der Waals surface area (Å²) < 4.78 is 0. The van der Waals surface area contributed by atoms with E-state index in [0.717, 1.165) is 19.3 Å². The molecule has 0 bridgehead atoms. The number of hydrogen-bond donors (Lipinski definition) is 2. The molecule has 0 aromatic heterocycles. The first-order valence-corrected chi connectivity index (χ1v) is 8.05. The summed E-state index contributed by atoms with van der Waals surface area (Å²) in [4.78, 5) is 22.8. The third-order valence-electron chi connectivity index (χ3n) is 3.80. The van der Waals surface area contributed by atoms with Crippen LogP contribution in [0.2, 0.25) is 0 Å². The van der Waals surface area contributed by atoms with Crippen molar-refractivity contribution < 1.29 is 45.7 Å². The van der Waals surface area contributed by atoms with E-state index in [1.807, 2.05) is 13.8 Å². The maximum atomic E-state index is 11.7. The van der Waals surface area contributed by atoms with Crippen LogP contribution in [0.15, 0.2) is 0 Å². The number of carbonyl (C=O) groups is 2. The molecule has 0 aliphatic rings. The van der Waals surface area contributed by atoms with Crippen LogP contribution in [-0.2, 0) is 9.59 Å². The minimum absolute atomic E-state index is 0. The average molecular weight is 309 g/mol. The maximum Gasteiger partial charge on any atom is 1.00 e. The number of rotatable bonds is 12. The Morgan fingerprint density at radius 1 is 1.05 bits per heavy atom. The van der Waals surface area contributed by atoms with Crippen molar-refractivity contribution in [3.63, 3.8) is 0 Å². The second-order valence-electron chi connectivity index (χ2n) is 5.64. The fraction of sp³-hybridized carbons (Fsp3) is 0.875. The Morgan fingerprint density at radius 3 is 2.05 bits per heavy atom. The molecule has 0 radical (unpaired) electrons. The number of carboxylic acids is 1. The summed E-state index contributed by atoms with van der Waals surface area (Å²) in [5.41, 5.74) is 0. The molecule has 2 unspecified atom stereocenters. The fourth-order valence-corrected chi connectivity index (χ4v) is 2.17. The van der Waals surface area contributed by atoms with Crippen molar-refractivity contribution in [1.82, 2.24) is 5.32 Å². The number of carboxylic acid groups (broad SMARTS) is 1. The molecule has 0 spiro atoms. The number of unbranched alkanes of at least 4 members (excludes halogenated alkanes) is 6. The number of carbonyl (C=O) groups excluding carboxylic acids is 1. The summed E-state index contributed by atoms with van der Waals surface area (Å²) in [5.74, 6) is -1.11. The summed E-state index contributed by atoms with van der Waals surface area (Å²) in [6, 6.07) is -0.753. The van der Waals surface area contributed by atoms with Crippen molar-refractivity contribution in [2.45, 2.75) is 84.6 Å². The van der Waals surface area contributed by atoms with Gasteiger partial charge in [-0.05, 0) is 12.3 Å². The van der Waals surface area contributed by atoms with E-state index in [2.05, 4.69) is 12.2 Å². The van der Waals surface area contributed by atoms with E-state index in [1.54, 1.807) is 0 Å². The summed E-state index contributed by atoms with van der Waals surface area (Å²) in [5, 5.41) is 11.7. The zero-order valence-corrected chi connectivity index (χ0v) is 16.3. The van der Waals surface area contributed by atoms with Crippen LogP contribution in [0.3, 0.4) is 0 Å². The molecule has 21 heavy (non-hydrogen) atoms. The van der Waals surface area contributed by atoms with Crippen molar-refractivity contribution in [2.24, 2.45) is 5.92 Å². The van der Waals surface area contributed by atoms with Gasteiger partial charge in [-0.3, -0.25) is 4.79 Å². The first kappa shape index (κ1) is 23.2. The van der Waals surface area contributed by atoms with Gasteiger partial charge in [0.1, 0.15) is 6.04 Å². The van der Waals surface area contributed by atoms with Gasteiger partial charge in [0.15, 0.2) is 0 Å². The Labute approximate surface area is 153 Å². The minimum atomic E-state index is -0.938. The third kappa shape index (κ3) is 12.2. The number of hydrogen-bond acceptors (Lipinski definition) is 2. The van der Waals surface area contributed by atoms with Gasteiger partial charge in [-0.2, -0.15) is 0 Å². The van der Waals surface area contributed by atoms with E-state index < -0.39 is 12.0 Å². The predicted octanol–water partition coefficient (Wildman–Crippen LogP) is 0.859. The maximum absolute atomic E-state index is 11.7. The summed E-state index contributed by atoms with van der Waals surface area (Å²) >= 11 is 0. The van der Waals surface area contributed by atoms with Crippen LogP contribution in [0.5, 0.6) is 0 Å². The van der Waals surface area contributed by atoms with E-state index in [1.165, 1.54) is 32.1 Å². The summed E-state index contributed by atoms with van der Waals surface area (Å²) in [7, 11) is 0. The normalized spacial score (nSPS) is 13.1. The molecule has 4 nitrogen and oxygen atoms in total. The van der Waals surface area contributed by atoms with E-state index in [0.29, 0.717) is 6.42 Å². The molecular formula is C16H32NNaO3. The van der Waals surface area contributed by atoms with Crippen molar-refractivity contribution in [3.05, 3.63) is 0 Å².